The van der Waals surface area contributed by atoms with Crippen LogP contribution in [-0.2, 0) is 12.7 Å². The second-order valence-electron chi connectivity index (χ2n) is 7.14. The fourth-order valence-corrected chi connectivity index (χ4v) is 3.81. The summed E-state index contributed by atoms with van der Waals surface area (Å²) in [6.45, 7) is -0.0178. The monoisotopic (exact) mass is 534 g/mol. The highest BCUT2D eigenvalue weighted by Gasteiger charge is 2.34. The number of phenolic OH excluding ortho intramolecular Hbond substituents is 1. The van der Waals surface area contributed by atoms with Crippen molar-refractivity contribution >= 4 is 40.4 Å². The zero-order chi connectivity index (χ0) is 25.9. The lowest BCUT2D eigenvalue weighted by molar-refractivity contribution is -0.138. The number of rotatable bonds is 6. The largest absolute Gasteiger partial charge is 0.507 e. The highest BCUT2D eigenvalue weighted by Crippen LogP contribution is 2.37. The molecular formula is C22H14ClF3N6O3S. The van der Waals surface area contributed by atoms with Gasteiger partial charge in [0.15, 0.2) is 0 Å². The van der Waals surface area contributed by atoms with Crippen LogP contribution in [-0.4, -0.2) is 36.9 Å². The number of hydrogen-bond acceptors (Lipinski definition) is 8. The molecule has 3 N–H and O–H groups in total. The van der Waals surface area contributed by atoms with E-state index in [-0.39, 0.29) is 22.8 Å². The second kappa shape index (κ2) is 10.3. The van der Waals surface area contributed by atoms with Gasteiger partial charge in [0, 0.05) is 17.4 Å². The maximum atomic E-state index is 13.0. The van der Waals surface area contributed by atoms with Crippen molar-refractivity contribution in [1.82, 2.24) is 25.3 Å². The number of alkyl halides is 3. The molecule has 4 rings (SSSR count). The molecule has 36 heavy (non-hydrogen) atoms. The van der Waals surface area contributed by atoms with E-state index < -0.39 is 29.3 Å². The Morgan fingerprint density at radius 3 is 2.53 bits per heavy atom. The number of amides is 2. The molecule has 4 aromatic rings. The normalized spacial score (nSPS) is 11.2. The van der Waals surface area contributed by atoms with Gasteiger partial charge < -0.3 is 15.7 Å². The van der Waals surface area contributed by atoms with E-state index >= 15 is 0 Å². The van der Waals surface area contributed by atoms with E-state index in [1.165, 1.54) is 24.8 Å². The molecule has 3 aromatic heterocycles. The zero-order valence-corrected chi connectivity index (χ0v) is 19.4. The van der Waals surface area contributed by atoms with Crippen LogP contribution in [0.1, 0.15) is 30.7 Å². The van der Waals surface area contributed by atoms with Crippen molar-refractivity contribution < 1.29 is 27.9 Å². The van der Waals surface area contributed by atoms with Crippen LogP contribution in [0.15, 0.2) is 55.1 Å². The lowest BCUT2D eigenvalue weighted by Gasteiger charge is -2.11. The topological polar surface area (TPSA) is 130 Å². The molecule has 184 valence electrons. The van der Waals surface area contributed by atoms with E-state index in [1.807, 2.05) is 0 Å². The molecule has 0 unspecified atom stereocenters. The first kappa shape index (κ1) is 25.0. The number of aromatic hydroxyl groups is 1. The molecule has 3 heterocycles. The minimum Gasteiger partial charge on any atom is -0.507 e. The predicted molar refractivity (Wildman–Crippen MR) is 125 cm³/mol. The van der Waals surface area contributed by atoms with Crippen LogP contribution >= 0.6 is 22.9 Å². The van der Waals surface area contributed by atoms with Crippen LogP contribution < -0.4 is 10.6 Å². The van der Waals surface area contributed by atoms with Gasteiger partial charge in [-0.3, -0.25) is 9.59 Å². The average molecular weight is 535 g/mol. The van der Waals surface area contributed by atoms with Gasteiger partial charge in [-0.25, -0.2) is 19.9 Å². The van der Waals surface area contributed by atoms with E-state index in [2.05, 4.69) is 30.6 Å². The third kappa shape index (κ3) is 5.93. The molecule has 1 aromatic carbocycles. The molecule has 0 aliphatic carbocycles. The summed E-state index contributed by atoms with van der Waals surface area (Å²) in [6, 6.07) is 7.38. The average Bonchev–Trinajstić information content (AvgIpc) is 3.33. The first-order valence-corrected chi connectivity index (χ1v) is 11.2. The number of carbonyl (C=O) groups is 2. The van der Waals surface area contributed by atoms with Gasteiger partial charge in [0.1, 0.15) is 32.8 Å². The molecule has 0 aliphatic rings. The third-order valence-corrected chi connectivity index (χ3v) is 5.88. The smallest absolute Gasteiger partial charge is 0.420 e. The molecule has 9 nitrogen and oxygen atoms in total. The Morgan fingerprint density at radius 2 is 1.81 bits per heavy atom. The Balaban J connectivity index is 1.38. The summed E-state index contributed by atoms with van der Waals surface area (Å²) >= 11 is 6.73. The first-order valence-electron chi connectivity index (χ1n) is 9.98. The molecular weight excluding hydrogens is 521 g/mol. The van der Waals surface area contributed by atoms with Crippen molar-refractivity contribution in [1.29, 1.82) is 0 Å². The standard InChI is InChI=1S/C22H14ClF3N6O3S/c23-18-4-1-11(7-27-18)14-6-15(31-10-30-14)20(34)29-9-19-28-8-17(36-19)21(35)32-12-2-3-16(33)13(5-12)22(24,25)26/h1-8,10,33H,9H2,(H,29,34)(H,32,35). The summed E-state index contributed by atoms with van der Waals surface area (Å²) in [5.41, 5.74) is -0.216. The van der Waals surface area contributed by atoms with Crippen molar-refractivity contribution in [2.45, 2.75) is 12.7 Å². The number of anilines is 1. The number of nitrogens with zero attached hydrogens (tertiary/aromatic N) is 4. The van der Waals surface area contributed by atoms with Crippen LogP contribution in [0.5, 0.6) is 5.75 Å². The lowest BCUT2D eigenvalue weighted by Crippen LogP contribution is -2.23. The minimum atomic E-state index is -4.78. The second-order valence-corrected chi connectivity index (χ2v) is 8.65. The van der Waals surface area contributed by atoms with Crippen molar-refractivity contribution in [3.8, 4) is 17.0 Å². The quantitative estimate of drug-likeness (QED) is 0.244. The van der Waals surface area contributed by atoms with Gasteiger partial charge in [-0.2, -0.15) is 13.2 Å². The van der Waals surface area contributed by atoms with Gasteiger partial charge in [-0.1, -0.05) is 11.6 Å². The summed E-state index contributed by atoms with van der Waals surface area (Å²) in [6.07, 6.45) is -0.797. The Morgan fingerprint density at radius 1 is 1.00 bits per heavy atom. The molecule has 0 radical (unpaired) electrons. The van der Waals surface area contributed by atoms with Gasteiger partial charge in [-0.15, -0.1) is 11.3 Å². The molecule has 0 bridgehead atoms. The van der Waals surface area contributed by atoms with Gasteiger partial charge in [0.25, 0.3) is 11.8 Å². The fraction of sp³-hybridized carbons (Fsp3) is 0.0909. The van der Waals surface area contributed by atoms with Crippen LogP contribution in [0.3, 0.4) is 0 Å². The summed E-state index contributed by atoms with van der Waals surface area (Å²) in [5, 5.41) is 15.1. The van der Waals surface area contributed by atoms with Crippen LogP contribution in [0.4, 0.5) is 18.9 Å². The third-order valence-electron chi connectivity index (χ3n) is 4.66. The lowest BCUT2D eigenvalue weighted by atomic mass is 10.1. The maximum absolute atomic E-state index is 13.0. The summed E-state index contributed by atoms with van der Waals surface area (Å²) in [5.74, 6) is -2.15. The number of carbonyl (C=O) groups excluding carboxylic acids is 2. The van der Waals surface area contributed by atoms with E-state index in [0.717, 1.165) is 23.5 Å². The molecule has 0 saturated carbocycles. The fourth-order valence-electron chi connectivity index (χ4n) is 2.94. The Kier molecular flexibility index (Phi) is 7.12. The Bertz CT molecular complexity index is 1430. The highest BCUT2D eigenvalue weighted by atomic mass is 35.5. The maximum Gasteiger partial charge on any atom is 0.420 e. The molecule has 0 atom stereocenters. The molecule has 14 heteroatoms. The van der Waals surface area contributed by atoms with Crippen molar-refractivity contribution in [2.24, 2.45) is 0 Å². The first-order chi connectivity index (χ1) is 17.1. The predicted octanol–water partition coefficient (Wildman–Crippen LogP) is 4.56. The van der Waals surface area contributed by atoms with E-state index in [9.17, 15) is 27.9 Å². The zero-order valence-electron chi connectivity index (χ0n) is 17.9. The Hall–Kier alpha value is -4.10. The van der Waals surface area contributed by atoms with E-state index in [1.54, 1.807) is 12.1 Å². The minimum absolute atomic E-state index is 0.0178. The number of thiazole rings is 1. The summed E-state index contributed by atoms with van der Waals surface area (Å²) in [7, 11) is 0. The molecule has 2 amide bonds. The molecule has 0 fully saturated rings. The number of halogens is 4. The van der Waals surface area contributed by atoms with Gasteiger partial charge >= 0.3 is 6.18 Å². The van der Waals surface area contributed by atoms with Crippen molar-refractivity contribution in [3.05, 3.63) is 81.4 Å². The molecule has 0 spiro atoms. The summed E-state index contributed by atoms with van der Waals surface area (Å²) < 4.78 is 38.9. The van der Waals surface area contributed by atoms with Gasteiger partial charge in [0.05, 0.1) is 24.0 Å². The number of aromatic nitrogens is 4. The molecule has 0 saturated heterocycles. The van der Waals surface area contributed by atoms with E-state index in [4.69, 9.17) is 11.6 Å². The highest BCUT2D eigenvalue weighted by molar-refractivity contribution is 7.13. The number of pyridine rings is 1. The van der Waals surface area contributed by atoms with E-state index in [0.29, 0.717) is 27.5 Å². The summed E-state index contributed by atoms with van der Waals surface area (Å²) in [4.78, 5) is 41.2. The van der Waals surface area contributed by atoms with Crippen molar-refractivity contribution in [3.63, 3.8) is 0 Å². The van der Waals surface area contributed by atoms with Crippen LogP contribution in [0.25, 0.3) is 11.3 Å². The van der Waals surface area contributed by atoms with Crippen LogP contribution in [0.2, 0.25) is 5.15 Å². The number of benzene rings is 1. The van der Waals surface area contributed by atoms with Gasteiger partial charge in [0.2, 0.25) is 0 Å². The van der Waals surface area contributed by atoms with Gasteiger partial charge in [-0.05, 0) is 36.4 Å². The Labute approximate surface area is 210 Å². The SMILES string of the molecule is O=C(NCc1ncc(C(=O)Nc2ccc(O)c(C(F)(F)F)c2)s1)c1cc(-c2ccc(Cl)nc2)ncn1. The van der Waals surface area contributed by atoms with Crippen LogP contribution in [0, 0.1) is 0 Å². The number of phenols is 1. The molecule has 0 aliphatic heterocycles. The van der Waals surface area contributed by atoms with Crippen molar-refractivity contribution in [2.75, 3.05) is 5.32 Å². The number of nitrogens with one attached hydrogen (secondary N) is 2. The number of hydrogen-bond donors (Lipinski definition) is 3.